The third-order valence-electron chi connectivity index (χ3n) is 5.19. The lowest BCUT2D eigenvalue weighted by Gasteiger charge is -2.34. The van der Waals surface area contributed by atoms with Crippen LogP contribution in [0.1, 0.15) is 34.3 Å². The van der Waals surface area contributed by atoms with Crippen LogP contribution in [0, 0.1) is 12.8 Å². The van der Waals surface area contributed by atoms with Gasteiger partial charge in [0.05, 0.1) is 11.8 Å². The summed E-state index contributed by atoms with van der Waals surface area (Å²) in [6, 6.07) is 8.64. The summed E-state index contributed by atoms with van der Waals surface area (Å²) in [5, 5.41) is 6.57. The number of hydrogen-bond donors (Lipinski definition) is 1. The first-order valence-electron chi connectivity index (χ1n) is 9.14. The highest BCUT2D eigenvalue weighted by Crippen LogP contribution is 2.19. The van der Waals surface area contributed by atoms with Crippen molar-refractivity contribution in [2.24, 2.45) is 5.92 Å². The smallest absolute Gasteiger partial charge is 0.256 e. The SMILES string of the molecule is Cc1ccccc1CCN1CCCC(CN(C)C(=O)c2cn[nH]c2)C1. The first-order valence-corrected chi connectivity index (χ1v) is 9.14. The highest BCUT2D eigenvalue weighted by Gasteiger charge is 2.23. The topological polar surface area (TPSA) is 52.2 Å². The van der Waals surface area contributed by atoms with Crippen LogP contribution in [0.15, 0.2) is 36.7 Å². The van der Waals surface area contributed by atoms with E-state index in [4.69, 9.17) is 0 Å². The second-order valence-electron chi connectivity index (χ2n) is 7.16. The molecule has 3 rings (SSSR count). The fourth-order valence-corrected chi connectivity index (χ4v) is 3.73. The van der Waals surface area contributed by atoms with Crippen LogP contribution < -0.4 is 0 Å². The highest BCUT2D eigenvalue weighted by atomic mass is 16.2. The van der Waals surface area contributed by atoms with E-state index in [0.29, 0.717) is 11.5 Å². The molecule has 1 unspecified atom stereocenters. The van der Waals surface area contributed by atoms with Crippen LogP contribution in [0.25, 0.3) is 0 Å². The Hall–Kier alpha value is -2.14. The zero-order valence-corrected chi connectivity index (χ0v) is 15.2. The first kappa shape index (κ1) is 17.7. The van der Waals surface area contributed by atoms with Gasteiger partial charge < -0.3 is 9.80 Å². The van der Waals surface area contributed by atoms with Crippen molar-refractivity contribution >= 4 is 5.91 Å². The van der Waals surface area contributed by atoms with Crippen molar-refractivity contribution in [1.82, 2.24) is 20.0 Å². The standard InChI is InChI=1S/C20H28N4O/c1-16-6-3-4-8-18(16)9-11-24-10-5-7-17(15-24)14-23(2)20(25)19-12-21-22-13-19/h3-4,6,8,12-13,17H,5,7,9-11,14-15H2,1-2H3,(H,21,22). The van der Waals surface area contributed by atoms with Gasteiger partial charge in [-0.1, -0.05) is 24.3 Å². The van der Waals surface area contributed by atoms with Gasteiger partial charge in [-0.2, -0.15) is 5.10 Å². The number of nitrogens with one attached hydrogen (secondary N) is 1. The third kappa shape index (κ3) is 4.69. The Kier molecular flexibility index (Phi) is 5.87. The molecular weight excluding hydrogens is 312 g/mol. The Morgan fingerprint density at radius 2 is 2.24 bits per heavy atom. The molecule has 1 N–H and O–H groups in total. The lowest BCUT2D eigenvalue weighted by molar-refractivity contribution is 0.0730. The molecule has 0 radical (unpaired) electrons. The zero-order valence-electron chi connectivity index (χ0n) is 15.2. The summed E-state index contributed by atoms with van der Waals surface area (Å²) in [7, 11) is 1.89. The molecule has 1 amide bonds. The van der Waals surface area contributed by atoms with Crippen LogP contribution in [0.3, 0.4) is 0 Å². The number of hydrogen-bond acceptors (Lipinski definition) is 3. The lowest BCUT2D eigenvalue weighted by Crippen LogP contribution is -2.42. The maximum absolute atomic E-state index is 12.4. The minimum absolute atomic E-state index is 0.0470. The van der Waals surface area contributed by atoms with E-state index >= 15 is 0 Å². The second kappa shape index (κ2) is 8.30. The number of aromatic nitrogens is 2. The van der Waals surface area contributed by atoms with Gasteiger partial charge in [0.2, 0.25) is 0 Å². The van der Waals surface area contributed by atoms with E-state index < -0.39 is 0 Å². The van der Waals surface area contributed by atoms with Crippen LogP contribution in [-0.4, -0.2) is 59.1 Å². The predicted octanol–water partition coefficient (Wildman–Crippen LogP) is 2.74. The van der Waals surface area contributed by atoms with Crippen molar-refractivity contribution in [3.8, 4) is 0 Å². The molecule has 1 fully saturated rings. The average Bonchev–Trinajstić information content (AvgIpc) is 3.15. The molecule has 0 saturated carbocycles. The van der Waals surface area contributed by atoms with E-state index in [9.17, 15) is 4.79 Å². The Morgan fingerprint density at radius 3 is 3.00 bits per heavy atom. The van der Waals surface area contributed by atoms with Gasteiger partial charge >= 0.3 is 0 Å². The summed E-state index contributed by atoms with van der Waals surface area (Å²) < 4.78 is 0. The summed E-state index contributed by atoms with van der Waals surface area (Å²) in [6.07, 6.45) is 6.77. The van der Waals surface area contributed by atoms with E-state index in [1.807, 2.05) is 11.9 Å². The molecule has 1 aromatic carbocycles. The number of likely N-dealkylation sites (tertiary alicyclic amines) is 1. The number of amides is 1. The molecule has 1 aromatic heterocycles. The Morgan fingerprint density at radius 1 is 1.40 bits per heavy atom. The third-order valence-corrected chi connectivity index (χ3v) is 5.19. The number of carbonyl (C=O) groups is 1. The minimum atomic E-state index is 0.0470. The molecule has 5 nitrogen and oxygen atoms in total. The molecule has 0 spiro atoms. The Bertz CT molecular complexity index is 683. The molecule has 1 aliphatic heterocycles. The fraction of sp³-hybridized carbons (Fsp3) is 0.500. The summed E-state index contributed by atoms with van der Waals surface area (Å²) >= 11 is 0. The molecule has 0 bridgehead atoms. The highest BCUT2D eigenvalue weighted by molar-refractivity contribution is 5.93. The fourth-order valence-electron chi connectivity index (χ4n) is 3.73. The predicted molar refractivity (Wildman–Crippen MR) is 99.6 cm³/mol. The van der Waals surface area contributed by atoms with Crippen molar-refractivity contribution in [3.63, 3.8) is 0 Å². The number of aryl methyl sites for hydroxylation is 1. The molecular formula is C20H28N4O. The summed E-state index contributed by atoms with van der Waals surface area (Å²) in [6.45, 7) is 6.34. The van der Waals surface area contributed by atoms with Gasteiger partial charge in [0.15, 0.2) is 0 Å². The van der Waals surface area contributed by atoms with Crippen LogP contribution >= 0.6 is 0 Å². The molecule has 0 aliphatic carbocycles. The number of rotatable bonds is 6. The van der Waals surface area contributed by atoms with Gasteiger partial charge in [0.1, 0.15) is 0 Å². The number of aromatic amines is 1. The molecule has 25 heavy (non-hydrogen) atoms. The van der Waals surface area contributed by atoms with E-state index in [-0.39, 0.29) is 5.91 Å². The molecule has 2 aromatic rings. The summed E-state index contributed by atoms with van der Waals surface area (Å²) in [5.41, 5.74) is 3.45. The normalized spacial score (nSPS) is 18.2. The van der Waals surface area contributed by atoms with Crippen molar-refractivity contribution in [2.75, 3.05) is 33.2 Å². The van der Waals surface area contributed by atoms with Gasteiger partial charge in [-0.25, -0.2) is 0 Å². The molecule has 1 saturated heterocycles. The van der Waals surface area contributed by atoms with Gasteiger partial charge in [0, 0.05) is 32.9 Å². The molecule has 1 aliphatic rings. The number of benzene rings is 1. The molecule has 1 atom stereocenters. The van der Waals surface area contributed by atoms with Crippen molar-refractivity contribution < 1.29 is 4.79 Å². The maximum atomic E-state index is 12.4. The lowest BCUT2D eigenvalue weighted by atomic mass is 9.96. The molecule has 5 heteroatoms. The molecule has 134 valence electrons. The summed E-state index contributed by atoms with van der Waals surface area (Å²) in [4.78, 5) is 16.7. The van der Waals surface area contributed by atoms with E-state index in [0.717, 1.165) is 26.1 Å². The van der Waals surface area contributed by atoms with E-state index in [1.165, 1.54) is 30.5 Å². The summed E-state index contributed by atoms with van der Waals surface area (Å²) in [5.74, 6) is 0.595. The van der Waals surface area contributed by atoms with Gasteiger partial charge in [-0.05, 0) is 49.8 Å². The maximum Gasteiger partial charge on any atom is 0.256 e. The Labute approximate surface area is 150 Å². The van der Waals surface area contributed by atoms with Gasteiger partial charge in [-0.3, -0.25) is 9.89 Å². The van der Waals surface area contributed by atoms with Crippen LogP contribution in [-0.2, 0) is 6.42 Å². The number of H-pyrrole nitrogens is 1. The largest absolute Gasteiger partial charge is 0.341 e. The zero-order chi connectivity index (χ0) is 17.6. The van der Waals surface area contributed by atoms with Crippen LogP contribution in [0.4, 0.5) is 0 Å². The first-order chi connectivity index (χ1) is 12.1. The van der Waals surface area contributed by atoms with E-state index in [1.54, 1.807) is 12.4 Å². The van der Waals surface area contributed by atoms with Crippen molar-refractivity contribution in [2.45, 2.75) is 26.2 Å². The average molecular weight is 340 g/mol. The second-order valence-corrected chi connectivity index (χ2v) is 7.16. The number of nitrogens with zero attached hydrogens (tertiary/aromatic N) is 3. The van der Waals surface area contributed by atoms with Crippen LogP contribution in [0.2, 0.25) is 0 Å². The van der Waals surface area contributed by atoms with Crippen molar-refractivity contribution in [1.29, 1.82) is 0 Å². The van der Waals surface area contributed by atoms with Crippen LogP contribution in [0.5, 0.6) is 0 Å². The molecule has 2 heterocycles. The monoisotopic (exact) mass is 340 g/mol. The van der Waals surface area contributed by atoms with E-state index in [2.05, 4.69) is 46.3 Å². The quantitative estimate of drug-likeness (QED) is 0.880. The minimum Gasteiger partial charge on any atom is -0.341 e. The van der Waals surface area contributed by atoms with Gasteiger partial charge in [-0.15, -0.1) is 0 Å². The van der Waals surface area contributed by atoms with Crippen molar-refractivity contribution in [3.05, 3.63) is 53.3 Å². The number of carbonyl (C=O) groups excluding carboxylic acids is 1. The number of piperidine rings is 1. The Balaban J connectivity index is 1.49. The van der Waals surface area contributed by atoms with Gasteiger partial charge in [0.25, 0.3) is 5.91 Å².